The second-order valence-corrected chi connectivity index (χ2v) is 11.4. The monoisotopic (exact) mass is 549 g/mol. The maximum absolute atomic E-state index is 13.1. The lowest BCUT2D eigenvalue weighted by Crippen LogP contribution is -2.25. The van der Waals surface area contributed by atoms with Crippen molar-refractivity contribution in [2.24, 2.45) is 0 Å². The molecule has 2 N–H and O–H groups in total. The average Bonchev–Trinajstić information content (AvgIpc) is 3.30. The minimum absolute atomic E-state index is 0.0327. The Kier molecular flexibility index (Phi) is 8.58. The zero-order chi connectivity index (χ0) is 27.4. The van der Waals surface area contributed by atoms with Gasteiger partial charge in [-0.2, -0.15) is 0 Å². The molecule has 7 nitrogen and oxygen atoms in total. The van der Waals surface area contributed by atoms with Gasteiger partial charge in [0.15, 0.2) is 15.8 Å². The molecular formula is C29H31N3O4S2. The summed E-state index contributed by atoms with van der Waals surface area (Å²) >= 11 is 2.97. The van der Waals surface area contributed by atoms with Crippen molar-refractivity contribution in [1.29, 1.82) is 0 Å². The van der Waals surface area contributed by atoms with Gasteiger partial charge in [-0.3, -0.25) is 9.59 Å². The van der Waals surface area contributed by atoms with E-state index in [-0.39, 0.29) is 17.1 Å². The largest absolute Gasteiger partial charge is 0.493 e. The minimum Gasteiger partial charge on any atom is -0.493 e. The van der Waals surface area contributed by atoms with Crippen molar-refractivity contribution in [3.8, 4) is 11.5 Å². The maximum Gasteiger partial charge on any atom is 0.255 e. The van der Waals surface area contributed by atoms with Gasteiger partial charge in [-0.05, 0) is 74.7 Å². The fourth-order valence-electron chi connectivity index (χ4n) is 4.24. The number of amides is 2. The highest BCUT2D eigenvalue weighted by Gasteiger charge is 2.22. The van der Waals surface area contributed by atoms with Crippen LogP contribution in [0.25, 0.3) is 10.2 Å². The summed E-state index contributed by atoms with van der Waals surface area (Å²) in [5, 5.41) is 5.78. The summed E-state index contributed by atoms with van der Waals surface area (Å²) in [7, 11) is 3.08. The first-order valence-corrected chi connectivity index (χ1v) is 13.9. The molecule has 38 heavy (non-hydrogen) atoms. The summed E-state index contributed by atoms with van der Waals surface area (Å²) in [6, 6.07) is 14.8. The third-order valence-electron chi connectivity index (χ3n) is 6.10. The quantitative estimate of drug-likeness (QED) is 0.219. The highest BCUT2D eigenvalue weighted by atomic mass is 32.2. The Hall–Kier alpha value is -3.56. The van der Waals surface area contributed by atoms with E-state index in [1.807, 2.05) is 39.0 Å². The van der Waals surface area contributed by atoms with Gasteiger partial charge in [0.1, 0.15) is 0 Å². The van der Waals surface area contributed by atoms with Crippen molar-refractivity contribution in [2.75, 3.05) is 24.9 Å². The van der Waals surface area contributed by atoms with Crippen LogP contribution in [0.4, 0.5) is 11.4 Å². The first-order valence-electron chi connectivity index (χ1n) is 12.2. The van der Waals surface area contributed by atoms with Crippen molar-refractivity contribution in [1.82, 2.24) is 4.98 Å². The molecule has 0 unspecified atom stereocenters. The van der Waals surface area contributed by atoms with Crippen LogP contribution in [-0.4, -0.2) is 36.3 Å². The Morgan fingerprint density at radius 2 is 1.66 bits per heavy atom. The van der Waals surface area contributed by atoms with Gasteiger partial charge in [0.2, 0.25) is 5.91 Å². The molecule has 0 spiro atoms. The van der Waals surface area contributed by atoms with E-state index in [1.54, 1.807) is 25.3 Å². The molecule has 9 heteroatoms. The van der Waals surface area contributed by atoms with Crippen molar-refractivity contribution in [2.45, 2.75) is 43.7 Å². The second kappa shape index (κ2) is 11.9. The highest BCUT2D eigenvalue weighted by Crippen LogP contribution is 2.35. The van der Waals surface area contributed by atoms with Crippen molar-refractivity contribution in [3.63, 3.8) is 0 Å². The normalized spacial score (nSPS) is 11.7. The molecule has 0 radical (unpaired) electrons. The number of rotatable bonds is 9. The van der Waals surface area contributed by atoms with Gasteiger partial charge in [0.05, 0.1) is 29.7 Å². The number of fused-ring (bicyclic) bond motifs is 1. The standard InChI is InChI=1S/C29H31N3O4S2/c1-7-24(28(34)32-26-17(3)12-16(2)13-18(26)4)37-29-31-21-10-9-20(15-25(21)38-29)30-27(33)19-8-11-22(35-5)23(14-19)36-6/h8-15,24H,7H2,1-6H3,(H,30,33)(H,32,34)/t24-/m1/s1. The van der Waals surface area contributed by atoms with Gasteiger partial charge in [0, 0.05) is 16.9 Å². The van der Waals surface area contributed by atoms with Crippen molar-refractivity contribution in [3.05, 3.63) is 70.8 Å². The van der Waals surface area contributed by atoms with E-state index in [9.17, 15) is 9.59 Å². The lowest BCUT2D eigenvalue weighted by atomic mass is 10.0. The summed E-state index contributed by atoms with van der Waals surface area (Å²) in [6.07, 6.45) is 0.670. The maximum atomic E-state index is 13.1. The Bertz CT molecular complexity index is 1480. The van der Waals surface area contributed by atoms with Gasteiger partial charge in [0.25, 0.3) is 5.91 Å². The van der Waals surface area contributed by atoms with Crippen LogP contribution in [0.1, 0.15) is 40.4 Å². The fraction of sp³-hybridized carbons (Fsp3) is 0.276. The summed E-state index contributed by atoms with van der Waals surface area (Å²) in [5.41, 5.74) is 6.09. The molecule has 1 heterocycles. The van der Waals surface area contributed by atoms with Crippen LogP contribution in [0.2, 0.25) is 0 Å². The van der Waals surface area contributed by atoms with Gasteiger partial charge in [-0.25, -0.2) is 4.98 Å². The number of methoxy groups -OCH3 is 2. The number of thioether (sulfide) groups is 1. The molecule has 1 atom stereocenters. The number of thiazole rings is 1. The number of aromatic nitrogens is 1. The van der Waals surface area contributed by atoms with Gasteiger partial charge >= 0.3 is 0 Å². The number of ether oxygens (including phenoxy) is 2. The third kappa shape index (κ3) is 6.11. The van der Waals surface area contributed by atoms with E-state index in [0.717, 1.165) is 31.4 Å². The van der Waals surface area contributed by atoms with E-state index < -0.39 is 0 Å². The van der Waals surface area contributed by atoms with E-state index in [2.05, 4.69) is 29.7 Å². The molecule has 2 amide bonds. The predicted molar refractivity (Wildman–Crippen MR) is 156 cm³/mol. The summed E-state index contributed by atoms with van der Waals surface area (Å²) in [6.45, 7) is 8.08. The first-order chi connectivity index (χ1) is 18.2. The van der Waals surface area contributed by atoms with Gasteiger partial charge in [-0.15, -0.1) is 11.3 Å². The Morgan fingerprint density at radius 3 is 2.32 bits per heavy atom. The van der Waals surface area contributed by atoms with Crippen LogP contribution in [-0.2, 0) is 4.79 Å². The van der Waals surface area contributed by atoms with E-state index in [4.69, 9.17) is 14.5 Å². The predicted octanol–water partition coefficient (Wildman–Crippen LogP) is 7.00. The molecular weight excluding hydrogens is 518 g/mol. The van der Waals surface area contributed by atoms with Crippen molar-refractivity contribution < 1.29 is 19.1 Å². The second-order valence-electron chi connectivity index (χ2n) is 8.96. The smallest absolute Gasteiger partial charge is 0.255 e. The number of anilines is 2. The lowest BCUT2D eigenvalue weighted by Gasteiger charge is -2.17. The summed E-state index contributed by atoms with van der Waals surface area (Å²) in [5.74, 6) is 0.758. The van der Waals surface area contributed by atoms with Gasteiger partial charge < -0.3 is 20.1 Å². The van der Waals surface area contributed by atoms with Crippen LogP contribution in [0, 0.1) is 20.8 Å². The molecule has 1 aromatic heterocycles. The summed E-state index contributed by atoms with van der Waals surface area (Å²) < 4.78 is 12.3. The molecule has 0 aliphatic rings. The molecule has 0 bridgehead atoms. The zero-order valence-electron chi connectivity index (χ0n) is 22.3. The summed E-state index contributed by atoms with van der Waals surface area (Å²) in [4.78, 5) is 30.7. The Labute approximate surface area is 231 Å². The van der Waals surface area contributed by atoms with E-state index in [1.165, 1.54) is 35.8 Å². The topological polar surface area (TPSA) is 89.6 Å². The zero-order valence-corrected chi connectivity index (χ0v) is 23.9. The molecule has 0 saturated heterocycles. The number of benzene rings is 3. The number of hydrogen-bond acceptors (Lipinski definition) is 7. The lowest BCUT2D eigenvalue weighted by molar-refractivity contribution is -0.115. The van der Waals surface area contributed by atoms with Crippen LogP contribution in [0.3, 0.4) is 0 Å². The molecule has 4 rings (SSSR count). The number of hydrogen-bond donors (Lipinski definition) is 2. The number of carbonyl (C=O) groups is 2. The number of carbonyl (C=O) groups excluding carboxylic acids is 2. The molecule has 4 aromatic rings. The molecule has 0 aliphatic heterocycles. The van der Waals surface area contributed by atoms with Crippen LogP contribution < -0.4 is 20.1 Å². The minimum atomic E-state index is -0.278. The average molecular weight is 550 g/mol. The number of nitrogens with one attached hydrogen (secondary N) is 2. The molecule has 3 aromatic carbocycles. The van der Waals surface area contributed by atoms with Crippen LogP contribution >= 0.6 is 23.1 Å². The molecule has 198 valence electrons. The fourth-order valence-corrected chi connectivity index (χ4v) is 6.51. The molecule has 0 saturated carbocycles. The highest BCUT2D eigenvalue weighted by molar-refractivity contribution is 8.02. The van der Waals surface area contributed by atoms with Crippen molar-refractivity contribution >= 4 is 56.5 Å². The molecule has 0 fully saturated rings. The number of nitrogens with zero attached hydrogens (tertiary/aromatic N) is 1. The van der Waals surface area contributed by atoms with Crippen LogP contribution in [0.5, 0.6) is 11.5 Å². The van der Waals surface area contributed by atoms with E-state index in [0.29, 0.717) is 29.2 Å². The van der Waals surface area contributed by atoms with Crippen LogP contribution in [0.15, 0.2) is 52.9 Å². The third-order valence-corrected chi connectivity index (χ3v) is 8.58. The Morgan fingerprint density at radius 1 is 0.947 bits per heavy atom. The number of aryl methyl sites for hydroxylation is 3. The van der Waals surface area contributed by atoms with Gasteiger partial charge in [-0.1, -0.05) is 36.4 Å². The van der Waals surface area contributed by atoms with E-state index >= 15 is 0 Å². The Balaban J connectivity index is 1.47. The SMILES string of the molecule is CC[C@@H](Sc1nc2ccc(NC(=O)c3ccc(OC)c(OC)c3)cc2s1)C(=O)Nc1c(C)cc(C)cc1C. The first kappa shape index (κ1) is 27.5. The molecule has 0 aliphatic carbocycles.